The lowest BCUT2D eigenvalue weighted by molar-refractivity contribution is 0.0825. The summed E-state index contributed by atoms with van der Waals surface area (Å²) >= 11 is 0. The Hall–Kier alpha value is -1.77. The minimum atomic E-state index is -0.198. The van der Waals surface area contributed by atoms with Crippen molar-refractivity contribution in [1.29, 1.82) is 0 Å². The molecule has 0 spiro atoms. The van der Waals surface area contributed by atoms with E-state index in [0.29, 0.717) is 0 Å². The summed E-state index contributed by atoms with van der Waals surface area (Å²) < 4.78 is 5.40. The zero-order valence-corrected chi connectivity index (χ0v) is 11.5. The number of aromatic amines is 1. The van der Waals surface area contributed by atoms with Gasteiger partial charge >= 0.3 is 0 Å². The minimum Gasteiger partial charge on any atom is -0.496 e. The fourth-order valence-corrected chi connectivity index (χ4v) is 3.21. The predicted molar refractivity (Wildman–Crippen MR) is 75.8 cm³/mol. The van der Waals surface area contributed by atoms with Crippen LogP contribution in [0, 0.1) is 5.41 Å². The van der Waals surface area contributed by atoms with Crippen LogP contribution in [-0.2, 0) is 0 Å². The van der Waals surface area contributed by atoms with Crippen LogP contribution in [0.2, 0.25) is 0 Å². The quantitative estimate of drug-likeness (QED) is 0.846. The van der Waals surface area contributed by atoms with Gasteiger partial charge in [-0.1, -0.05) is 25.8 Å². The summed E-state index contributed by atoms with van der Waals surface area (Å²) in [4.78, 5) is 16.0. The van der Waals surface area contributed by atoms with E-state index in [-0.39, 0.29) is 11.2 Å². The summed E-state index contributed by atoms with van der Waals surface area (Å²) in [7, 11) is 1.65. The summed E-state index contributed by atoms with van der Waals surface area (Å²) in [5.41, 5.74) is 1.54. The maximum atomic E-state index is 12.8. The van der Waals surface area contributed by atoms with Crippen molar-refractivity contribution >= 4 is 16.7 Å². The number of methoxy groups -OCH3 is 1. The van der Waals surface area contributed by atoms with Gasteiger partial charge in [-0.05, 0) is 25.0 Å². The van der Waals surface area contributed by atoms with Gasteiger partial charge in [0.2, 0.25) is 0 Å². The molecule has 100 valence electrons. The Morgan fingerprint density at radius 3 is 2.74 bits per heavy atom. The molecule has 3 heteroatoms. The standard InChI is InChI=1S/C16H19NO2/c1-16(8-3-4-9-16)15(18)11-10-17-12-6-5-7-13(19-2)14(11)12/h5-7,10,17H,3-4,8-9H2,1-2H3. The van der Waals surface area contributed by atoms with Crippen molar-refractivity contribution in [3.05, 3.63) is 30.0 Å². The number of carbonyl (C=O) groups is 1. The van der Waals surface area contributed by atoms with E-state index >= 15 is 0 Å². The third kappa shape index (κ3) is 1.84. The molecule has 0 unspecified atom stereocenters. The van der Waals surface area contributed by atoms with Crippen molar-refractivity contribution in [1.82, 2.24) is 4.98 Å². The number of Topliss-reactive ketones (excluding diaryl/α,β-unsaturated/α-hetero) is 1. The molecule has 3 nitrogen and oxygen atoms in total. The molecule has 19 heavy (non-hydrogen) atoms. The van der Waals surface area contributed by atoms with E-state index in [1.165, 1.54) is 0 Å². The molecule has 1 heterocycles. The van der Waals surface area contributed by atoms with Gasteiger partial charge in [0, 0.05) is 22.7 Å². The average Bonchev–Trinajstić information content (AvgIpc) is 3.04. The first-order valence-corrected chi connectivity index (χ1v) is 6.84. The lowest BCUT2D eigenvalue weighted by atomic mass is 9.80. The van der Waals surface area contributed by atoms with E-state index in [1.807, 2.05) is 24.4 Å². The number of carbonyl (C=O) groups excluding carboxylic acids is 1. The lowest BCUT2D eigenvalue weighted by Crippen LogP contribution is -2.24. The second kappa shape index (κ2) is 4.41. The van der Waals surface area contributed by atoms with Crippen molar-refractivity contribution in [2.45, 2.75) is 32.6 Å². The minimum absolute atomic E-state index is 0.198. The molecule has 0 amide bonds. The molecule has 1 aromatic heterocycles. The van der Waals surface area contributed by atoms with Crippen LogP contribution < -0.4 is 4.74 Å². The summed E-state index contributed by atoms with van der Waals surface area (Å²) in [6.45, 7) is 2.09. The van der Waals surface area contributed by atoms with Crippen LogP contribution in [0.15, 0.2) is 24.4 Å². The van der Waals surface area contributed by atoms with E-state index in [9.17, 15) is 4.79 Å². The molecule has 0 radical (unpaired) electrons. The Morgan fingerprint density at radius 1 is 1.32 bits per heavy atom. The highest BCUT2D eigenvalue weighted by molar-refractivity contribution is 6.12. The molecule has 1 aliphatic carbocycles. The molecule has 1 N–H and O–H groups in total. The maximum absolute atomic E-state index is 12.8. The van der Waals surface area contributed by atoms with Gasteiger partial charge < -0.3 is 9.72 Å². The third-order valence-corrected chi connectivity index (χ3v) is 4.39. The number of hydrogen-bond donors (Lipinski definition) is 1. The summed E-state index contributed by atoms with van der Waals surface area (Å²) in [5.74, 6) is 1.02. The van der Waals surface area contributed by atoms with Crippen LogP contribution in [0.3, 0.4) is 0 Å². The molecule has 0 atom stereocenters. The predicted octanol–water partition coefficient (Wildman–Crippen LogP) is 3.94. The molecule has 1 saturated carbocycles. The van der Waals surface area contributed by atoms with Crippen molar-refractivity contribution in [2.75, 3.05) is 7.11 Å². The molecule has 2 aromatic rings. The Bertz CT molecular complexity index is 621. The van der Waals surface area contributed by atoms with Gasteiger partial charge in [0.05, 0.1) is 12.5 Å². The zero-order valence-electron chi connectivity index (χ0n) is 11.5. The number of fused-ring (bicyclic) bond motifs is 1. The third-order valence-electron chi connectivity index (χ3n) is 4.39. The van der Waals surface area contributed by atoms with Crippen molar-refractivity contribution in [3.63, 3.8) is 0 Å². The number of ether oxygens (including phenoxy) is 1. The van der Waals surface area contributed by atoms with Gasteiger partial charge in [-0.25, -0.2) is 0 Å². The highest BCUT2D eigenvalue weighted by Gasteiger charge is 2.37. The normalized spacial score (nSPS) is 17.8. The number of aromatic nitrogens is 1. The van der Waals surface area contributed by atoms with Gasteiger partial charge in [-0.2, -0.15) is 0 Å². The van der Waals surface area contributed by atoms with Crippen molar-refractivity contribution in [3.8, 4) is 5.75 Å². The van der Waals surface area contributed by atoms with Gasteiger partial charge in [0.1, 0.15) is 5.75 Å². The van der Waals surface area contributed by atoms with E-state index in [0.717, 1.165) is 47.9 Å². The van der Waals surface area contributed by atoms with Crippen LogP contribution in [0.1, 0.15) is 43.0 Å². The van der Waals surface area contributed by atoms with E-state index in [2.05, 4.69) is 11.9 Å². The number of nitrogens with one attached hydrogen (secondary N) is 1. The molecular formula is C16H19NO2. The SMILES string of the molecule is COc1cccc2[nH]cc(C(=O)C3(C)CCCC3)c12. The smallest absolute Gasteiger partial charge is 0.171 e. The zero-order chi connectivity index (χ0) is 13.5. The molecular weight excluding hydrogens is 238 g/mol. The second-order valence-corrected chi connectivity index (χ2v) is 5.68. The second-order valence-electron chi connectivity index (χ2n) is 5.68. The average molecular weight is 257 g/mol. The molecule has 1 aliphatic rings. The molecule has 1 aromatic carbocycles. The first-order valence-electron chi connectivity index (χ1n) is 6.84. The van der Waals surface area contributed by atoms with E-state index < -0.39 is 0 Å². The van der Waals surface area contributed by atoms with Gasteiger partial charge in [-0.3, -0.25) is 4.79 Å². The highest BCUT2D eigenvalue weighted by atomic mass is 16.5. The first kappa shape index (κ1) is 12.3. The Morgan fingerprint density at radius 2 is 2.05 bits per heavy atom. The highest BCUT2D eigenvalue weighted by Crippen LogP contribution is 2.42. The van der Waals surface area contributed by atoms with Crippen molar-refractivity contribution in [2.24, 2.45) is 5.41 Å². The van der Waals surface area contributed by atoms with Gasteiger partial charge in [-0.15, -0.1) is 0 Å². The molecule has 3 rings (SSSR count). The van der Waals surface area contributed by atoms with Gasteiger partial charge in [0.15, 0.2) is 5.78 Å². The maximum Gasteiger partial charge on any atom is 0.171 e. The number of benzene rings is 1. The van der Waals surface area contributed by atoms with Crippen LogP contribution in [0.4, 0.5) is 0 Å². The number of hydrogen-bond acceptors (Lipinski definition) is 2. The van der Waals surface area contributed by atoms with Crippen LogP contribution in [0.25, 0.3) is 10.9 Å². The van der Waals surface area contributed by atoms with E-state index in [4.69, 9.17) is 4.74 Å². The number of ketones is 1. The van der Waals surface area contributed by atoms with Crippen LogP contribution in [0.5, 0.6) is 5.75 Å². The van der Waals surface area contributed by atoms with Crippen molar-refractivity contribution < 1.29 is 9.53 Å². The summed E-state index contributed by atoms with van der Waals surface area (Å²) in [5, 5.41) is 0.920. The molecule has 1 fully saturated rings. The number of H-pyrrole nitrogens is 1. The Balaban J connectivity index is 2.12. The lowest BCUT2D eigenvalue weighted by Gasteiger charge is -2.21. The Labute approximate surface area is 113 Å². The van der Waals surface area contributed by atoms with Gasteiger partial charge in [0.25, 0.3) is 0 Å². The monoisotopic (exact) mass is 257 g/mol. The Kier molecular flexibility index (Phi) is 2.85. The summed E-state index contributed by atoms with van der Waals surface area (Å²) in [6, 6.07) is 5.82. The van der Waals surface area contributed by atoms with Crippen LogP contribution in [-0.4, -0.2) is 17.9 Å². The van der Waals surface area contributed by atoms with Crippen LogP contribution >= 0.6 is 0 Å². The fraction of sp³-hybridized carbons (Fsp3) is 0.438. The number of rotatable bonds is 3. The van der Waals surface area contributed by atoms with E-state index in [1.54, 1.807) is 7.11 Å². The fourth-order valence-electron chi connectivity index (χ4n) is 3.21. The topological polar surface area (TPSA) is 42.1 Å². The molecule has 0 bridgehead atoms. The first-order chi connectivity index (χ1) is 9.15. The summed E-state index contributed by atoms with van der Waals surface area (Å²) in [6.07, 6.45) is 6.13. The largest absolute Gasteiger partial charge is 0.496 e. The molecule has 0 aliphatic heterocycles. The molecule has 0 saturated heterocycles.